The van der Waals surface area contributed by atoms with Crippen LogP contribution >= 0.6 is 0 Å². The average molecular weight is 357 g/mol. The van der Waals surface area contributed by atoms with Gasteiger partial charge in [-0.05, 0) is 30.3 Å². The summed E-state index contributed by atoms with van der Waals surface area (Å²) in [6.45, 7) is 0.272. The first-order valence-corrected chi connectivity index (χ1v) is 7.87. The molecule has 0 saturated heterocycles. The minimum atomic E-state index is -0.291. The van der Waals surface area contributed by atoms with Gasteiger partial charge in [-0.3, -0.25) is 4.79 Å². The molecule has 2 N–H and O–H groups in total. The average Bonchev–Trinajstić information content (AvgIpc) is 3.14. The van der Waals surface area contributed by atoms with Crippen molar-refractivity contribution in [3.8, 4) is 23.0 Å². The first-order chi connectivity index (χ1) is 12.7. The molecule has 3 rings (SSSR count). The molecule has 0 aliphatic carbocycles. The molecule has 2 aromatic rings. The normalized spacial score (nSPS) is 12.1. The van der Waals surface area contributed by atoms with Gasteiger partial charge in [0.2, 0.25) is 6.79 Å². The molecule has 0 unspecified atom stereocenters. The van der Waals surface area contributed by atoms with Crippen LogP contribution in [-0.2, 0) is 4.79 Å². The molecule has 1 aliphatic rings. The molecule has 0 bridgehead atoms. The van der Waals surface area contributed by atoms with Crippen LogP contribution in [0.3, 0.4) is 0 Å². The van der Waals surface area contributed by atoms with Gasteiger partial charge in [0.15, 0.2) is 11.5 Å². The zero-order chi connectivity index (χ0) is 18.4. The minimum Gasteiger partial charge on any atom is -0.497 e. The van der Waals surface area contributed by atoms with Crippen LogP contribution in [-0.4, -0.2) is 39.7 Å². The Morgan fingerprint density at radius 1 is 1.15 bits per heavy atom. The standard InChI is InChI=1S/C18H19N3O5/c1-23-14-4-6-15(24-2)12(7-14)9-20-21-18(22)10-19-13-3-5-16-17(8-13)26-11-25-16/h3-9,19H,10-11H2,1-2H3,(H,21,22). The number of nitrogens with one attached hydrogen (secondary N) is 2. The van der Waals surface area contributed by atoms with Crippen molar-refractivity contribution < 1.29 is 23.7 Å². The third kappa shape index (κ3) is 4.15. The van der Waals surface area contributed by atoms with E-state index in [1.54, 1.807) is 44.6 Å². The van der Waals surface area contributed by atoms with Crippen molar-refractivity contribution in [2.45, 2.75) is 0 Å². The van der Waals surface area contributed by atoms with E-state index in [0.717, 1.165) is 5.69 Å². The maximum Gasteiger partial charge on any atom is 0.259 e. The first-order valence-electron chi connectivity index (χ1n) is 7.87. The van der Waals surface area contributed by atoms with Crippen LogP contribution < -0.4 is 29.7 Å². The summed E-state index contributed by atoms with van der Waals surface area (Å²) < 4.78 is 21.0. The number of benzene rings is 2. The van der Waals surface area contributed by atoms with E-state index in [1.165, 1.54) is 6.21 Å². The Balaban J connectivity index is 1.53. The molecular weight excluding hydrogens is 338 g/mol. The Hall–Kier alpha value is -3.42. The lowest BCUT2D eigenvalue weighted by Crippen LogP contribution is -2.25. The summed E-state index contributed by atoms with van der Waals surface area (Å²) in [5.74, 6) is 2.35. The summed E-state index contributed by atoms with van der Waals surface area (Å²) in [7, 11) is 3.14. The van der Waals surface area contributed by atoms with E-state index in [2.05, 4.69) is 15.8 Å². The third-order valence-corrected chi connectivity index (χ3v) is 3.66. The van der Waals surface area contributed by atoms with Gasteiger partial charge < -0.3 is 24.3 Å². The number of ether oxygens (including phenoxy) is 4. The van der Waals surface area contributed by atoms with E-state index >= 15 is 0 Å². The van der Waals surface area contributed by atoms with Crippen LogP contribution in [0, 0.1) is 0 Å². The summed E-state index contributed by atoms with van der Waals surface area (Å²) >= 11 is 0. The van der Waals surface area contributed by atoms with E-state index in [9.17, 15) is 4.79 Å². The fraction of sp³-hybridized carbons (Fsp3) is 0.222. The smallest absolute Gasteiger partial charge is 0.259 e. The summed E-state index contributed by atoms with van der Waals surface area (Å²) in [5, 5.41) is 6.95. The van der Waals surface area contributed by atoms with Gasteiger partial charge in [0.05, 0.1) is 27.0 Å². The highest BCUT2D eigenvalue weighted by Gasteiger charge is 2.13. The molecule has 8 heteroatoms. The van der Waals surface area contributed by atoms with Crippen molar-refractivity contribution in [3.05, 3.63) is 42.0 Å². The third-order valence-electron chi connectivity index (χ3n) is 3.66. The van der Waals surface area contributed by atoms with Crippen molar-refractivity contribution in [2.75, 3.05) is 32.9 Å². The Labute approximate surface area is 150 Å². The Morgan fingerprint density at radius 3 is 2.81 bits per heavy atom. The molecule has 136 valence electrons. The van der Waals surface area contributed by atoms with E-state index in [-0.39, 0.29) is 19.2 Å². The molecule has 0 fully saturated rings. The quantitative estimate of drug-likeness (QED) is 0.582. The van der Waals surface area contributed by atoms with Crippen LogP contribution in [0.25, 0.3) is 0 Å². The van der Waals surface area contributed by atoms with E-state index in [1.807, 2.05) is 6.07 Å². The predicted octanol–water partition coefficient (Wildman–Crippen LogP) is 1.99. The summed E-state index contributed by atoms with van der Waals surface area (Å²) in [6.07, 6.45) is 1.50. The summed E-state index contributed by atoms with van der Waals surface area (Å²) in [4.78, 5) is 11.9. The summed E-state index contributed by atoms with van der Waals surface area (Å²) in [6, 6.07) is 10.7. The SMILES string of the molecule is COc1ccc(OC)c(C=NNC(=O)CNc2ccc3c(c2)OCO3)c1. The minimum absolute atomic E-state index is 0.0617. The molecule has 0 atom stereocenters. The fourth-order valence-electron chi connectivity index (χ4n) is 2.34. The molecular formula is C18H19N3O5. The zero-order valence-electron chi connectivity index (χ0n) is 14.4. The number of rotatable bonds is 7. The Morgan fingerprint density at radius 2 is 2.00 bits per heavy atom. The molecule has 8 nitrogen and oxygen atoms in total. The molecule has 26 heavy (non-hydrogen) atoms. The number of hydrogen-bond donors (Lipinski definition) is 2. The second kappa shape index (κ2) is 8.11. The van der Waals surface area contributed by atoms with Gasteiger partial charge in [-0.1, -0.05) is 0 Å². The molecule has 0 radical (unpaired) electrons. The van der Waals surface area contributed by atoms with Gasteiger partial charge in [-0.15, -0.1) is 0 Å². The lowest BCUT2D eigenvalue weighted by molar-refractivity contribution is -0.119. The number of hydrazone groups is 1. The van der Waals surface area contributed by atoms with Crippen LogP contribution in [0.4, 0.5) is 5.69 Å². The molecule has 0 spiro atoms. The molecule has 2 aromatic carbocycles. The predicted molar refractivity (Wildman–Crippen MR) is 96.3 cm³/mol. The number of amides is 1. The lowest BCUT2D eigenvalue weighted by atomic mass is 10.2. The van der Waals surface area contributed by atoms with Crippen LogP contribution in [0.15, 0.2) is 41.5 Å². The van der Waals surface area contributed by atoms with E-state index in [0.29, 0.717) is 28.6 Å². The second-order valence-corrected chi connectivity index (χ2v) is 5.32. The fourth-order valence-corrected chi connectivity index (χ4v) is 2.34. The molecule has 1 aliphatic heterocycles. The van der Waals surface area contributed by atoms with Gasteiger partial charge in [0.1, 0.15) is 11.5 Å². The van der Waals surface area contributed by atoms with Gasteiger partial charge in [0.25, 0.3) is 5.91 Å². The highest BCUT2D eigenvalue weighted by molar-refractivity contribution is 5.86. The zero-order valence-corrected chi connectivity index (χ0v) is 14.4. The van der Waals surface area contributed by atoms with Crippen molar-refractivity contribution in [1.29, 1.82) is 0 Å². The van der Waals surface area contributed by atoms with Crippen molar-refractivity contribution in [1.82, 2.24) is 5.43 Å². The number of anilines is 1. The molecule has 1 heterocycles. The monoisotopic (exact) mass is 357 g/mol. The first kappa shape index (κ1) is 17.4. The van der Waals surface area contributed by atoms with Gasteiger partial charge in [-0.25, -0.2) is 5.43 Å². The highest BCUT2D eigenvalue weighted by atomic mass is 16.7. The van der Waals surface area contributed by atoms with Gasteiger partial charge in [-0.2, -0.15) is 5.10 Å². The summed E-state index contributed by atoms with van der Waals surface area (Å²) in [5.41, 5.74) is 3.90. The molecule has 1 amide bonds. The Kier molecular flexibility index (Phi) is 5.43. The number of carbonyl (C=O) groups is 1. The number of fused-ring (bicyclic) bond motifs is 1. The van der Waals surface area contributed by atoms with Crippen molar-refractivity contribution >= 4 is 17.8 Å². The van der Waals surface area contributed by atoms with Crippen LogP contribution in [0.2, 0.25) is 0 Å². The van der Waals surface area contributed by atoms with Crippen molar-refractivity contribution in [3.63, 3.8) is 0 Å². The largest absolute Gasteiger partial charge is 0.497 e. The Bertz CT molecular complexity index is 822. The lowest BCUT2D eigenvalue weighted by Gasteiger charge is -2.07. The number of nitrogens with zero attached hydrogens (tertiary/aromatic N) is 1. The topological polar surface area (TPSA) is 90.4 Å². The maximum atomic E-state index is 11.9. The van der Waals surface area contributed by atoms with Crippen LogP contribution in [0.5, 0.6) is 23.0 Å². The number of carbonyl (C=O) groups excluding carboxylic acids is 1. The van der Waals surface area contributed by atoms with Crippen LogP contribution in [0.1, 0.15) is 5.56 Å². The highest BCUT2D eigenvalue weighted by Crippen LogP contribution is 2.34. The molecule has 0 aromatic heterocycles. The van der Waals surface area contributed by atoms with Gasteiger partial charge in [0, 0.05) is 17.3 Å². The van der Waals surface area contributed by atoms with E-state index < -0.39 is 0 Å². The van der Waals surface area contributed by atoms with Gasteiger partial charge >= 0.3 is 0 Å². The molecule has 0 saturated carbocycles. The van der Waals surface area contributed by atoms with Crippen molar-refractivity contribution in [2.24, 2.45) is 5.10 Å². The van der Waals surface area contributed by atoms with E-state index in [4.69, 9.17) is 18.9 Å². The number of hydrogen-bond acceptors (Lipinski definition) is 7. The second-order valence-electron chi connectivity index (χ2n) is 5.32. The number of methoxy groups -OCH3 is 2. The maximum absolute atomic E-state index is 11.9.